The smallest absolute Gasteiger partial charge is 0.346 e. The minimum atomic E-state index is -0.421. The predicted octanol–water partition coefficient (Wildman–Crippen LogP) is 3.70. The van der Waals surface area contributed by atoms with Crippen LogP contribution in [0.1, 0.15) is 11.1 Å². The van der Waals surface area contributed by atoms with Crippen molar-refractivity contribution in [3.8, 4) is 0 Å². The van der Waals surface area contributed by atoms with E-state index in [1.54, 1.807) is 6.07 Å². The van der Waals surface area contributed by atoms with Gasteiger partial charge in [0.25, 0.3) is 0 Å². The first-order chi connectivity index (χ1) is 10.3. The zero-order chi connectivity index (χ0) is 14.7. The van der Waals surface area contributed by atoms with Gasteiger partial charge in [-0.3, -0.25) is 4.99 Å². The molecule has 3 rings (SSSR count). The maximum Gasteiger partial charge on any atom is 0.346 e. The van der Waals surface area contributed by atoms with E-state index in [1.165, 1.54) is 6.21 Å². The molecule has 0 atom stereocenters. The van der Waals surface area contributed by atoms with Gasteiger partial charge in [-0.15, -0.1) is 12.6 Å². The highest BCUT2D eigenvalue weighted by Gasteiger charge is 2.09. The van der Waals surface area contributed by atoms with Gasteiger partial charge in [0.2, 0.25) is 0 Å². The summed E-state index contributed by atoms with van der Waals surface area (Å²) in [6, 6.07) is 17.2. The summed E-state index contributed by atoms with van der Waals surface area (Å²) >= 11 is 4.44. The second-order valence-corrected chi connectivity index (χ2v) is 5.05. The molecule has 4 heteroatoms. The lowest BCUT2D eigenvalue weighted by Crippen LogP contribution is -2.08. The fourth-order valence-electron chi connectivity index (χ4n) is 2.09. The lowest BCUT2D eigenvalue weighted by molar-refractivity contribution is 0.556. The van der Waals surface area contributed by atoms with E-state index in [4.69, 9.17) is 4.42 Å². The number of thiol groups is 1. The van der Waals surface area contributed by atoms with Crippen LogP contribution in [0.25, 0.3) is 11.0 Å². The minimum Gasteiger partial charge on any atom is -0.422 e. The SMILES string of the molecule is O=c1oc2ccccc2c(S)c1C=NCc1ccccc1. The zero-order valence-corrected chi connectivity index (χ0v) is 12.1. The van der Waals surface area contributed by atoms with Crippen LogP contribution in [0.3, 0.4) is 0 Å². The first-order valence-corrected chi connectivity index (χ1v) is 6.99. The van der Waals surface area contributed by atoms with E-state index in [-0.39, 0.29) is 0 Å². The van der Waals surface area contributed by atoms with E-state index >= 15 is 0 Å². The Morgan fingerprint density at radius 1 is 1.05 bits per heavy atom. The number of nitrogens with zero attached hydrogens (tertiary/aromatic N) is 1. The molecule has 0 aliphatic rings. The molecular formula is C17H13NO2S. The summed E-state index contributed by atoms with van der Waals surface area (Å²) in [6.07, 6.45) is 1.54. The Morgan fingerprint density at radius 2 is 1.76 bits per heavy atom. The molecule has 2 aromatic carbocycles. The molecule has 3 aromatic rings. The molecule has 1 aromatic heterocycles. The highest BCUT2D eigenvalue weighted by atomic mass is 32.1. The molecule has 0 aliphatic heterocycles. The molecule has 0 aliphatic carbocycles. The van der Waals surface area contributed by atoms with Gasteiger partial charge in [0.15, 0.2) is 0 Å². The molecule has 0 fully saturated rings. The van der Waals surface area contributed by atoms with Crippen LogP contribution in [-0.4, -0.2) is 6.21 Å². The summed E-state index contributed by atoms with van der Waals surface area (Å²) in [6.45, 7) is 0.514. The van der Waals surface area contributed by atoms with Gasteiger partial charge < -0.3 is 4.42 Å². The van der Waals surface area contributed by atoms with E-state index in [1.807, 2.05) is 48.5 Å². The summed E-state index contributed by atoms with van der Waals surface area (Å²) in [7, 11) is 0. The quantitative estimate of drug-likeness (QED) is 0.455. The Morgan fingerprint density at radius 3 is 2.57 bits per heavy atom. The third kappa shape index (κ3) is 2.90. The molecule has 0 radical (unpaired) electrons. The van der Waals surface area contributed by atoms with Crippen molar-refractivity contribution in [2.24, 2.45) is 4.99 Å². The molecule has 0 bridgehead atoms. The van der Waals surface area contributed by atoms with Gasteiger partial charge in [-0.2, -0.15) is 0 Å². The normalized spacial score (nSPS) is 11.3. The van der Waals surface area contributed by atoms with E-state index in [9.17, 15) is 4.79 Å². The molecule has 0 amide bonds. The van der Waals surface area contributed by atoms with Crippen LogP contribution in [0.5, 0.6) is 0 Å². The van der Waals surface area contributed by atoms with Crippen LogP contribution < -0.4 is 5.63 Å². The second kappa shape index (κ2) is 5.97. The Balaban J connectivity index is 1.95. The standard InChI is InChI=1S/C17H13NO2S/c19-17-14(11-18-10-12-6-2-1-3-7-12)16(21)13-8-4-5-9-15(13)20-17/h1-9,11,21H,10H2. The highest BCUT2D eigenvalue weighted by Crippen LogP contribution is 2.22. The van der Waals surface area contributed by atoms with Crippen molar-refractivity contribution in [2.75, 3.05) is 0 Å². The van der Waals surface area contributed by atoms with Crippen LogP contribution in [0, 0.1) is 0 Å². The van der Waals surface area contributed by atoms with Gasteiger partial charge in [0.05, 0.1) is 12.1 Å². The van der Waals surface area contributed by atoms with E-state index in [2.05, 4.69) is 17.6 Å². The molecule has 0 unspecified atom stereocenters. The first-order valence-electron chi connectivity index (χ1n) is 6.54. The van der Waals surface area contributed by atoms with Gasteiger partial charge >= 0.3 is 5.63 Å². The maximum atomic E-state index is 12.0. The predicted molar refractivity (Wildman–Crippen MR) is 87.5 cm³/mol. The average molecular weight is 295 g/mol. The average Bonchev–Trinajstić information content (AvgIpc) is 2.51. The fraction of sp³-hybridized carbons (Fsp3) is 0.0588. The Bertz CT molecular complexity index is 854. The molecule has 3 nitrogen and oxygen atoms in total. The number of benzene rings is 2. The first kappa shape index (κ1) is 13.6. The van der Waals surface area contributed by atoms with Crippen LogP contribution in [-0.2, 0) is 6.54 Å². The lowest BCUT2D eigenvalue weighted by Gasteiger charge is -2.02. The van der Waals surface area contributed by atoms with Crippen LogP contribution in [0.4, 0.5) is 0 Å². The van der Waals surface area contributed by atoms with Gasteiger partial charge in [-0.05, 0) is 11.6 Å². The summed E-state index contributed by atoms with van der Waals surface area (Å²) < 4.78 is 5.28. The molecule has 0 N–H and O–H groups in total. The van der Waals surface area contributed by atoms with Crippen molar-refractivity contribution < 1.29 is 4.42 Å². The largest absolute Gasteiger partial charge is 0.422 e. The summed E-state index contributed by atoms with van der Waals surface area (Å²) in [4.78, 5) is 16.9. The highest BCUT2D eigenvalue weighted by molar-refractivity contribution is 7.80. The summed E-state index contributed by atoms with van der Waals surface area (Å²) in [5.74, 6) is 0. The van der Waals surface area contributed by atoms with Crippen LogP contribution >= 0.6 is 12.6 Å². The van der Waals surface area contributed by atoms with Crippen LogP contribution in [0.2, 0.25) is 0 Å². The molecule has 104 valence electrons. The number of para-hydroxylation sites is 1. The molecule has 0 saturated carbocycles. The molecule has 21 heavy (non-hydrogen) atoms. The fourth-order valence-corrected chi connectivity index (χ4v) is 2.42. The third-order valence-corrected chi connectivity index (χ3v) is 3.64. The van der Waals surface area contributed by atoms with Crippen molar-refractivity contribution in [1.29, 1.82) is 0 Å². The number of rotatable bonds is 3. The monoisotopic (exact) mass is 295 g/mol. The van der Waals surface area contributed by atoms with Crippen molar-refractivity contribution in [3.05, 3.63) is 76.1 Å². The van der Waals surface area contributed by atoms with E-state index < -0.39 is 5.63 Å². The number of aliphatic imine (C=N–C) groups is 1. The second-order valence-electron chi connectivity index (χ2n) is 4.60. The Hall–Kier alpha value is -2.33. The van der Waals surface area contributed by atoms with Gasteiger partial charge in [-0.25, -0.2) is 4.79 Å². The molecular weight excluding hydrogens is 282 g/mol. The minimum absolute atomic E-state index is 0.382. The van der Waals surface area contributed by atoms with E-state index in [0.29, 0.717) is 22.6 Å². The molecule has 1 heterocycles. The topological polar surface area (TPSA) is 42.6 Å². The summed E-state index contributed by atoms with van der Waals surface area (Å²) in [5.41, 5.74) is 1.58. The number of hydrogen-bond donors (Lipinski definition) is 1. The van der Waals surface area contributed by atoms with Crippen molar-refractivity contribution in [3.63, 3.8) is 0 Å². The number of fused-ring (bicyclic) bond motifs is 1. The van der Waals surface area contributed by atoms with Gasteiger partial charge in [0, 0.05) is 16.5 Å². The van der Waals surface area contributed by atoms with Gasteiger partial charge in [0.1, 0.15) is 5.58 Å². The van der Waals surface area contributed by atoms with Gasteiger partial charge in [-0.1, -0.05) is 48.5 Å². The van der Waals surface area contributed by atoms with Crippen molar-refractivity contribution in [1.82, 2.24) is 0 Å². The number of hydrogen-bond acceptors (Lipinski definition) is 4. The lowest BCUT2D eigenvalue weighted by atomic mass is 10.2. The van der Waals surface area contributed by atoms with E-state index in [0.717, 1.165) is 10.9 Å². The molecule has 0 saturated heterocycles. The Labute approximate surface area is 127 Å². The third-order valence-electron chi connectivity index (χ3n) is 3.16. The van der Waals surface area contributed by atoms with Crippen LogP contribution in [0.15, 0.2) is 73.7 Å². The van der Waals surface area contributed by atoms with Crippen molar-refractivity contribution >= 4 is 29.8 Å². The molecule has 0 spiro atoms. The zero-order valence-electron chi connectivity index (χ0n) is 11.2. The van der Waals surface area contributed by atoms with Crippen molar-refractivity contribution in [2.45, 2.75) is 11.4 Å². The Kier molecular flexibility index (Phi) is 3.88. The maximum absolute atomic E-state index is 12.0. The summed E-state index contributed by atoms with van der Waals surface area (Å²) in [5, 5.41) is 0.807.